The summed E-state index contributed by atoms with van der Waals surface area (Å²) in [6.07, 6.45) is 4.06. The van der Waals surface area contributed by atoms with Crippen molar-refractivity contribution in [2.45, 2.75) is 25.4 Å². The molecular weight excluding hydrogens is 454 g/mol. The molecule has 2 aromatic carbocycles. The molecule has 0 fully saturated rings. The third-order valence-electron chi connectivity index (χ3n) is 6.02. The highest BCUT2D eigenvalue weighted by Gasteiger charge is 2.32. The number of aromatic amines is 1. The van der Waals surface area contributed by atoms with Gasteiger partial charge in [-0.15, -0.1) is 12.4 Å². The molecule has 0 aliphatic heterocycles. The molecule has 0 saturated carbocycles. The molecule has 4 aromatic rings. The summed E-state index contributed by atoms with van der Waals surface area (Å²) in [6.45, 7) is 0.725. The summed E-state index contributed by atoms with van der Waals surface area (Å²) in [5.41, 5.74) is 9.22. The smallest absolute Gasteiger partial charge is 0.258 e. The molecule has 5 rings (SSSR count). The van der Waals surface area contributed by atoms with Gasteiger partial charge >= 0.3 is 0 Å². The van der Waals surface area contributed by atoms with Crippen LogP contribution in [0.1, 0.15) is 28.0 Å². The number of hydrogen-bond acceptors (Lipinski definition) is 5. The minimum absolute atomic E-state index is 0. The normalized spacial score (nSPS) is 12.7. The largest absolute Gasteiger partial charge is 0.355 e. The number of rotatable bonds is 7. The standard InChI is InChI=1S/C25H23N5O3.ClH/c26-20(12-15-13-27-14-29-15)24(32)28-10-5-11-30-22-17-7-2-3-8-18(17)23(31)21(22)16-6-1-4-9-19(16)25(30)33;/h1-4,6-9,13-14,20H,5,10-12,26H2,(H,27,29)(H,28,32);1H/t20-;/m1./s1. The van der Waals surface area contributed by atoms with Crippen molar-refractivity contribution < 1.29 is 9.59 Å². The number of ketones is 1. The molecule has 9 heteroatoms. The van der Waals surface area contributed by atoms with E-state index in [1.165, 1.54) is 0 Å². The Morgan fingerprint density at radius 2 is 1.76 bits per heavy atom. The number of nitrogens with two attached hydrogens (primary N) is 1. The van der Waals surface area contributed by atoms with Gasteiger partial charge in [0, 0.05) is 53.3 Å². The molecule has 0 bridgehead atoms. The summed E-state index contributed by atoms with van der Waals surface area (Å²) in [5, 5.41) is 4.03. The molecule has 2 heterocycles. The number of carbonyl (C=O) groups is 2. The van der Waals surface area contributed by atoms with Gasteiger partial charge in [-0.2, -0.15) is 0 Å². The molecule has 1 aliphatic rings. The van der Waals surface area contributed by atoms with E-state index >= 15 is 0 Å². The van der Waals surface area contributed by atoms with Crippen LogP contribution in [0.5, 0.6) is 0 Å². The van der Waals surface area contributed by atoms with Crippen LogP contribution >= 0.6 is 12.4 Å². The minimum Gasteiger partial charge on any atom is -0.355 e. The summed E-state index contributed by atoms with van der Waals surface area (Å²) in [4.78, 5) is 45.7. The summed E-state index contributed by atoms with van der Waals surface area (Å²) in [5.74, 6) is -0.329. The van der Waals surface area contributed by atoms with Crippen molar-refractivity contribution in [2.24, 2.45) is 5.73 Å². The number of pyridine rings is 1. The Bertz CT molecular complexity index is 1430. The number of benzene rings is 2. The Labute approximate surface area is 201 Å². The lowest BCUT2D eigenvalue weighted by Crippen LogP contribution is -2.42. The van der Waals surface area contributed by atoms with E-state index in [1.54, 1.807) is 35.3 Å². The van der Waals surface area contributed by atoms with Crippen molar-refractivity contribution >= 4 is 34.9 Å². The summed E-state index contributed by atoms with van der Waals surface area (Å²) >= 11 is 0. The first-order chi connectivity index (χ1) is 16.1. The van der Waals surface area contributed by atoms with E-state index in [0.717, 1.165) is 11.3 Å². The van der Waals surface area contributed by atoms with Crippen LogP contribution in [0.25, 0.3) is 22.0 Å². The number of aromatic nitrogens is 3. The highest BCUT2D eigenvalue weighted by Crippen LogP contribution is 2.39. The second-order valence-corrected chi connectivity index (χ2v) is 8.13. The van der Waals surface area contributed by atoms with Gasteiger partial charge in [-0.3, -0.25) is 14.4 Å². The SMILES string of the molecule is Cl.N[C@H](Cc1cnc[nH]1)C(=O)NCCCn1c2c(c3ccccc3c1=O)C(=O)c1ccccc1-2. The van der Waals surface area contributed by atoms with E-state index in [9.17, 15) is 14.4 Å². The van der Waals surface area contributed by atoms with Gasteiger partial charge in [0.1, 0.15) is 0 Å². The highest BCUT2D eigenvalue weighted by atomic mass is 35.5. The zero-order valence-corrected chi connectivity index (χ0v) is 19.1. The minimum atomic E-state index is -0.692. The van der Waals surface area contributed by atoms with Gasteiger partial charge in [-0.25, -0.2) is 4.98 Å². The lowest BCUT2D eigenvalue weighted by atomic mass is 10.0. The lowest BCUT2D eigenvalue weighted by molar-refractivity contribution is -0.122. The maximum absolute atomic E-state index is 13.4. The van der Waals surface area contributed by atoms with E-state index in [1.807, 2.05) is 30.3 Å². The molecule has 0 unspecified atom stereocenters. The number of H-pyrrole nitrogens is 1. The fourth-order valence-corrected chi connectivity index (χ4v) is 4.45. The number of fused-ring (bicyclic) bond motifs is 5. The van der Waals surface area contributed by atoms with Crippen molar-refractivity contribution in [1.29, 1.82) is 0 Å². The Morgan fingerprint density at radius 1 is 1.06 bits per heavy atom. The fourth-order valence-electron chi connectivity index (χ4n) is 4.45. The maximum atomic E-state index is 13.4. The third kappa shape index (κ3) is 4.02. The van der Waals surface area contributed by atoms with Gasteiger partial charge < -0.3 is 20.6 Å². The number of nitrogens with one attached hydrogen (secondary N) is 2. The average molecular weight is 478 g/mol. The first-order valence-corrected chi connectivity index (χ1v) is 10.9. The second-order valence-electron chi connectivity index (χ2n) is 8.13. The van der Waals surface area contributed by atoms with Crippen molar-refractivity contribution in [2.75, 3.05) is 6.54 Å². The molecule has 1 amide bonds. The number of amides is 1. The molecule has 174 valence electrons. The molecule has 2 aromatic heterocycles. The predicted molar refractivity (Wildman–Crippen MR) is 132 cm³/mol. The van der Waals surface area contributed by atoms with Crippen LogP contribution in [0.4, 0.5) is 0 Å². The second kappa shape index (κ2) is 9.62. The molecule has 34 heavy (non-hydrogen) atoms. The van der Waals surface area contributed by atoms with Crippen LogP contribution in [0.15, 0.2) is 65.8 Å². The molecule has 8 nitrogen and oxygen atoms in total. The number of nitrogens with zero attached hydrogens (tertiary/aromatic N) is 2. The van der Waals surface area contributed by atoms with E-state index in [4.69, 9.17) is 5.73 Å². The van der Waals surface area contributed by atoms with Gasteiger partial charge in [0.15, 0.2) is 5.78 Å². The molecule has 0 radical (unpaired) electrons. The van der Waals surface area contributed by atoms with Crippen molar-refractivity contribution in [3.05, 3.63) is 88.2 Å². The maximum Gasteiger partial charge on any atom is 0.258 e. The van der Waals surface area contributed by atoms with Crippen LogP contribution < -0.4 is 16.6 Å². The van der Waals surface area contributed by atoms with Crippen LogP contribution in [0.3, 0.4) is 0 Å². The molecule has 4 N–H and O–H groups in total. The summed E-state index contributed by atoms with van der Waals surface area (Å²) < 4.78 is 1.66. The Kier molecular flexibility index (Phi) is 6.63. The van der Waals surface area contributed by atoms with Gasteiger partial charge in [0.2, 0.25) is 5.91 Å². The Balaban J connectivity index is 0.00000274. The fraction of sp³-hybridized carbons (Fsp3) is 0.200. The Hall–Kier alpha value is -3.75. The van der Waals surface area contributed by atoms with Gasteiger partial charge in [0.05, 0.1) is 23.6 Å². The highest BCUT2D eigenvalue weighted by molar-refractivity contribution is 6.26. The molecule has 0 spiro atoms. The monoisotopic (exact) mass is 477 g/mol. The first-order valence-electron chi connectivity index (χ1n) is 10.9. The average Bonchev–Trinajstić information content (AvgIpc) is 3.45. The number of hydrogen-bond donors (Lipinski definition) is 3. The van der Waals surface area contributed by atoms with Gasteiger partial charge in [0.25, 0.3) is 5.56 Å². The van der Waals surface area contributed by atoms with Crippen LogP contribution in [-0.2, 0) is 17.8 Å². The number of imidazole rings is 1. The summed E-state index contributed by atoms with van der Waals surface area (Å²) in [7, 11) is 0. The lowest BCUT2D eigenvalue weighted by Gasteiger charge is -2.16. The van der Waals surface area contributed by atoms with Crippen LogP contribution in [-0.4, -0.2) is 38.8 Å². The van der Waals surface area contributed by atoms with Crippen molar-refractivity contribution in [3.63, 3.8) is 0 Å². The van der Waals surface area contributed by atoms with E-state index in [-0.39, 0.29) is 29.7 Å². The van der Waals surface area contributed by atoms with Crippen LogP contribution in [0, 0.1) is 0 Å². The van der Waals surface area contributed by atoms with E-state index < -0.39 is 6.04 Å². The molecule has 1 atom stereocenters. The third-order valence-corrected chi connectivity index (χ3v) is 6.02. The Morgan fingerprint density at radius 3 is 2.50 bits per heavy atom. The van der Waals surface area contributed by atoms with Gasteiger partial charge in [-0.05, 0) is 12.5 Å². The molecular formula is C25H24ClN5O3. The van der Waals surface area contributed by atoms with Gasteiger partial charge in [-0.1, -0.05) is 42.5 Å². The predicted octanol–water partition coefficient (Wildman–Crippen LogP) is 2.43. The number of halogens is 1. The quantitative estimate of drug-likeness (QED) is 0.311. The van der Waals surface area contributed by atoms with Crippen molar-refractivity contribution in [1.82, 2.24) is 19.9 Å². The van der Waals surface area contributed by atoms with E-state index in [0.29, 0.717) is 53.5 Å². The number of carbonyl (C=O) groups excluding carboxylic acids is 2. The molecule has 1 aliphatic carbocycles. The van der Waals surface area contributed by atoms with E-state index in [2.05, 4.69) is 15.3 Å². The zero-order valence-electron chi connectivity index (χ0n) is 18.3. The molecule has 0 saturated heterocycles. The zero-order chi connectivity index (χ0) is 22.9. The van der Waals surface area contributed by atoms with Crippen molar-refractivity contribution in [3.8, 4) is 11.3 Å². The van der Waals surface area contributed by atoms with Crippen LogP contribution in [0.2, 0.25) is 0 Å². The first kappa shape index (κ1) is 23.4. The summed E-state index contributed by atoms with van der Waals surface area (Å²) in [6, 6.07) is 13.9. The topological polar surface area (TPSA) is 123 Å².